The number of hydrogen-bond donors (Lipinski definition) is 1. The molecule has 0 aliphatic rings. The Balaban J connectivity index is 1.79. The summed E-state index contributed by atoms with van der Waals surface area (Å²) in [5.74, 6) is 0.834. The molecule has 0 aliphatic carbocycles. The quantitative estimate of drug-likeness (QED) is 0.743. The topological polar surface area (TPSA) is 50.2 Å². The van der Waals surface area contributed by atoms with Crippen molar-refractivity contribution in [2.45, 2.75) is 39.3 Å². The van der Waals surface area contributed by atoms with Gasteiger partial charge in [-0.05, 0) is 49.3 Å². The van der Waals surface area contributed by atoms with Crippen molar-refractivity contribution in [2.24, 2.45) is 0 Å². The summed E-state index contributed by atoms with van der Waals surface area (Å²) in [6.45, 7) is 7.46. The summed E-state index contributed by atoms with van der Waals surface area (Å²) in [6.07, 6.45) is 0. The van der Waals surface area contributed by atoms with E-state index in [1.165, 1.54) is 5.56 Å². The zero-order valence-corrected chi connectivity index (χ0v) is 16.8. The van der Waals surface area contributed by atoms with Gasteiger partial charge in [-0.1, -0.05) is 45.0 Å². The van der Waals surface area contributed by atoms with E-state index in [0.717, 1.165) is 22.5 Å². The Morgan fingerprint density at radius 2 is 1.74 bits per heavy atom. The van der Waals surface area contributed by atoms with Crippen LogP contribution in [0.15, 0.2) is 48.5 Å². The minimum absolute atomic E-state index is 0.0540. The predicted octanol–water partition coefficient (Wildman–Crippen LogP) is 4.03. The number of nitrogens with one attached hydrogen (secondary N) is 1. The van der Waals surface area contributed by atoms with Crippen molar-refractivity contribution < 1.29 is 4.79 Å². The summed E-state index contributed by atoms with van der Waals surface area (Å²) < 4.78 is 1.99. The molecule has 0 saturated carbocycles. The van der Waals surface area contributed by atoms with E-state index < -0.39 is 0 Å². The van der Waals surface area contributed by atoms with Crippen LogP contribution in [0.3, 0.4) is 0 Å². The van der Waals surface area contributed by atoms with Crippen molar-refractivity contribution in [3.8, 4) is 0 Å². The SMILES string of the molecule is CN(C)Cc1nc2ccccc2n1CC(=O)Nc1ccc(C(C)(C)C)cc1. The molecule has 0 fully saturated rings. The Labute approximate surface area is 161 Å². The van der Waals surface area contributed by atoms with E-state index in [0.29, 0.717) is 6.54 Å². The Bertz CT molecular complexity index is 933. The first-order valence-corrected chi connectivity index (χ1v) is 9.23. The van der Waals surface area contributed by atoms with Crippen LogP contribution in [0.25, 0.3) is 11.0 Å². The van der Waals surface area contributed by atoms with Crippen LogP contribution >= 0.6 is 0 Å². The van der Waals surface area contributed by atoms with Gasteiger partial charge in [0, 0.05) is 5.69 Å². The van der Waals surface area contributed by atoms with E-state index in [4.69, 9.17) is 4.98 Å². The molecule has 1 aromatic heterocycles. The number of nitrogens with zero attached hydrogens (tertiary/aromatic N) is 3. The van der Waals surface area contributed by atoms with Gasteiger partial charge in [-0.25, -0.2) is 4.98 Å². The molecule has 1 N–H and O–H groups in total. The molecule has 0 bridgehead atoms. The van der Waals surface area contributed by atoms with Gasteiger partial charge in [0.05, 0.1) is 17.6 Å². The fourth-order valence-electron chi connectivity index (χ4n) is 3.10. The van der Waals surface area contributed by atoms with Gasteiger partial charge in [-0.15, -0.1) is 0 Å². The van der Waals surface area contributed by atoms with Crippen molar-refractivity contribution in [3.63, 3.8) is 0 Å². The Morgan fingerprint density at radius 1 is 1.07 bits per heavy atom. The van der Waals surface area contributed by atoms with Crippen LogP contribution in [0.4, 0.5) is 5.69 Å². The van der Waals surface area contributed by atoms with Gasteiger partial charge in [-0.3, -0.25) is 4.79 Å². The first-order chi connectivity index (χ1) is 12.7. The van der Waals surface area contributed by atoms with Crippen LogP contribution in [0.1, 0.15) is 32.2 Å². The van der Waals surface area contributed by atoms with Gasteiger partial charge in [-0.2, -0.15) is 0 Å². The summed E-state index contributed by atoms with van der Waals surface area (Å²) in [5, 5.41) is 3.00. The molecule has 1 amide bonds. The average molecular weight is 364 g/mol. The zero-order chi connectivity index (χ0) is 19.6. The maximum absolute atomic E-state index is 12.7. The van der Waals surface area contributed by atoms with Gasteiger partial charge in [0.1, 0.15) is 12.4 Å². The summed E-state index contributed by atoms with van der Waals surface area (Å²) in [7, 11) is 4.00. The number of carbonyl (C=O) groups excluding carboxylic acids is 1. The summed E-state index contributed by atoms with van der Waals surface area (Å²) >= 11 is 0. The lowest BCUT2D eigenvalue weighted by atomic mass is 9.87. The number of carbonyl (C=O) groups is 1. The van der Waals surface area contributed by atoms with E-state index >= 15 is 0 Å². The highest BCUT2D eigenvalue weighted by molar-refractivity contribution is 5.91. The first kappa shape index (κ1) is 19.1. The predicted molar refractivity (Wildman–Crippen MR) is 111 cm³/mol. The largest absolute Gasteiger partial charge is 0.325 e. The highest BCUT2D eigenvalue weighted by Crippen LogP contribution is 2.23. The molecule has 142 valence electrons. The van der Waals surface area contributed by atoms with Crippen LogP contribution in [0, 0.1) is 0 Å². The third-order valence-electron chi connectivity index (χ3n) is 4.53. The minimum Gasteiger partial charge on any atom is -0.325 e. The number of fused-ring (bicyclic) bond motifs is 1. The van der Waals surface area contributed by atoms with Crippen molar-refractivity contribution in [2.75, 3.05) is 19.4 Å². The molecule has 0 saturated heterocycles. The van der Waals surface area contributed by atoms with E-state index in [2.05, 4.69) is 43.1 Å². The normalized spacial score (nSPS) is 11.9. The molecular formula is C22H28N4O. The molecule has 0 radical (unpaired) electrons. The molecule has 0 spiro atoms. The number of amides is 1. The standard InChI is InChI=1S/C22H28N4O/c1-22(2,3)16-10-12-17(13-11-16)23-21(27)15-26-19-9-7-6-8-18(19)24-20(26)14-25(4)5/h6-13H,14-15H2,1-5H3,(H,23,27). The number of para-hydroxylation sites is 2. The molecule has 0 unspecified atom stereocenters. The highest BCUT2D eigenvalue weighted by Gasteiger charge is 2.15. The van der Waals surface area contributed by atoms with E-state index in [1.807, 2.05) is 55.1 Å². The van der Waals surface area contributed by atoms with Crippen LogP contribution in [-0.4, -0.2) is 34.5 Å². The van der Waals surface area contributed by atoms with E-state index in [1.54, 1.807) is 0 Å². The molecule has 5 heteroatoms. The number of imidazole rings is 1. The van der Waals surface area contributed by atoms with Crippen LogP contribution in [0.2, 0.25) is 0 Å². The highest BCUT2D eigenvalue weighted by atomic mass is 16.1. The Kier molecular flexibility index (Phi) is 5.33. The molecule has 5 nitrogen and oxygen atoms in total. The molecule has 3 aromatic rings. The van der Waals surface area contributed by atoms with Crippen molar-refractivity contribution in [1.29, 1.82) is 0 Å². The maximum Gasteiger partial charge on any atom is 0.244 e. The molecule has 27 heavy (non-hydrogen) atoms. The summed E-state index contributed by atoms with van der Waals surface area (Å²) in [5.41, 5.74) is 4.05. The van der Waals surface area contributed by atoms with Gasteiger partial charge in [0.15, 0.2) is 0 Å². The number of hydrogen-bond acceptors (Lipinski definition) is 3. The number of aromatic nitrogens is 2. The summed E-state index contributed by atoms with van der Waals surface area (Å²) in [4.78, 5) is 19.4. The van der Waals surface area contributed by atoms with Crippen molar-refractivity contribution in [3.05, 3.63) is 59.9 Å². The van der Waals surface area contributed by atoms with Gasteiger partial charge in [0.2, 0.25) is 5.91 Å². The fraction of sp³-hybridized carbons (Fsp3) is 0.364. The number of rotatable bonds is 5. The lowest BCUT2D eigenvalue weighted by Crippen LogP contribution is -2.22. The second kappa shape index (κ2) is 7.53. The van der Waals surface area contributed by atoms with Crippen LogP contribution < -0.4 is 5.32 Å². The second-order valence-electron chi connectivity index (χ2n) is 8.22. The van der Waals surface area contributed by atoms with E-state index in [-0.39, 0.29) is 17.9 Å². The van der Waals surface area contributed by atoms with Crippen molar-refractivity contribution in [1.82, 2.24) is 14.5 Å². The molecule has 0 aliphatic heterocycles. The average Bonchev–Trinajstić information content (AvgIpc) is 2.91. The molecule has 0 atom stereocenters. The second-order valence-corrected chi connectivity index (χ2v) is 8.22. The zero-order valence-electron chi connectivity index (χ0n) is 16.8. The van der Waals surface area contributed by atoms with Crippen LogP contribution in [-0.2, 0) is 23.3 Å². The van der Waals surface area contributed by atoms with Crippen molar-refractivity contribution >= 4 is 22.6 Å². The molecule has 2 aromatic carbocycles. The van der Waals surface area contributed by atoms with E-state index in [9.17, 15) is 4.79 Å². The lowest BCUT2D eigenvalue weighted by molar-refractivity contribution is -0.116. The third kappa shape index (κ3) is 4.55. The molecular weight excluding hydrogens is 336 g/mol. The Hall–Kier alpha value is -2.66. The summed E-state index contributed by atoms with van der Waals surface area (Å²) in [6, 6.07) is 16.0. The fourth-order valence-corrected chi connectivity index (χ4v) is 3.10. The monoisotopic (exact) mass is 364 g/mol. The third-order valence-corrected chi connectivity index (χ3v) is 4.53. The number of benzene rings is 2. The van der Waals surface area contributed by atoms with Gasteiger partial charge >= 0.3 is 0 Å². The first-order valence-electron chi connectivity index (χ1n) is 9.23. The van der Waals surface area contributed by atoms with Gasteiger partial charge in [0.25, 0.3) is 0 Å². The smallest absolute Gasteiger partial charge is 0.244 e. The van der Waals surface area contributed by atoms with Gasteiger partial charge < -0.3 is 14.8 Å². The molecule has 1 heterocycles. The number of anilines is 1. The van der Waals surface area contributed by atoms with Crippen LogP contribution in [0.5, 0.6) is 0 Å². The Morgan fingerprint density at radius 3 is 2.37 bits per heavy atom. The lowest BCUT2D eigenvalue weighted by Gasteiger charge is -2.19. The minimum atomic E-state index is -0.0540. The maximum atomic E-state index is 12.7. The molecule has 3 rings (SSSR count).